The number of amides is 1. The van der Waals surface area contributed by atoms with Gasteiger partial charge < -0.3 is 10.2 Å². The molecule has 134 valence electrons. The fraction of sp³-hybridized carbons (Fsp3) is 0.789. The Hall–Kier alpha value is -1.36. The largest absolute Gasteiger partial charge is 0.344 e. The van der Waals surface area contributed by atoms with Crippen LogP contribution in [0.25, 0.3) is 0 Å². The fourth-order valence-electron chi connectivity index (χ4n) is 4.34. The van der Waals surface area contributed by atoms with Crippen molar-refractivity contribution >= 4 is 5.91 Å². The van der Waals surface area contributed by atoms with Gasteiger partial charge in [0.2, 0.25) is 0 Å². The topological polar surface area (TPSA) is 50.2 Å². The van der Waals surface area contributed by atoms with Gasteiger partial charge in [0.05, 0.1) is 11.2 Å². The summed E-state index contributed by atoms with van der Waals surface area (Å²) in [6.45, 7) is 5.52. The van der Waals surface area contributed by atoms with Crippen molar-refractivity contribution in [2.45, 2.75) is 70.3 Å². The second kappa shape index (κ2) is 7.68. The number of nitrogens with zero attached hydrogens (tertiary/aromatic N) is 3. The first-order valence-corrected chi connectivity index (χ1v) is 9.70. The minimum Gasteiger partial charge on any atom is -0.344 e. The zero-order chi connectivity index (χ0) is 17.0. The Labute approximate surface area is 145 Å². The van der Waals surface area contributed by atoms with Gasteiger partial charge in [0.1, 0.15) is 5.69 Å². The van der Waals surface area contributed by atoms with E-state index in [1.807, 2.05) is 13.1 Å². The number of carbonyl (C=O) groups is 1. The van der Waals surface area contributed by atoms with Gasteiger partial charge in [0.15, 0.2) is 0 Å². The number of carbonyl (C=O) groups excluding carboxylic acids is 1. The van der Waals surface area contributed by atoms with Crippen LogP contribution in [0.4, 0.5) is 0 Å². The molecule has 24 heavy (non-hydrogen) atoms. The molecule has 2 aliphatic rings. The monoisotopic (exact) mass is 332 g/mol. The lowest BCUT2D eigenvalue weighted by Crippen LogP contribution is -2.56. The number of hydrogen-bond donors (Lipinski definition) is 1. The average Bonchev–Trinajstić information content (AvgIpc) is 3.18. The van der Waals surface area contributed by atoms with Crippen LogP contribution in [0, 0.1) is 0 Å². The lowest BCUT2D eigenvalue weighted by Gasteiger charge is -2.41. The third kappa shape index (κ3) is 4.00. The molecule has 0 bridgehead atoms. The minimum absolute atomic E-state index is 0.0468. The van der Waals surface area contributed by atoms with Gasteiger partial charge in [-0.25, -0.2) is 0 Å². The third-order valence-electron chi connectivity index (χ3n) is 5.58. The van der Waals surface area contributed by atoms with Crippen molar-refractivity contribution in [1.82, 2.24) is 20.0 Å². The molecule has 0 unspecified atom stereocenters. The molecular weight excluding hydrogens is 300 g/mol. The van der Waals surface area contributed by atoms with Crippen molar-refractivity contribution in [2.75, 3.05) is 19.6 Å². The minimum atomic E-state index is -0.0468. The number of rotatable bonds is 6. The van der Waals surface area contributed by atoms with Gasteiger partial charge in [0, 0.05) is 13.6 Å². The molecule has 1 N–H and O–H groups in total. The molecule has 2 fully saturated rings. The molecule has 2 heterocycles. The molecular formula is C19H32N4O. The van der Waals surface area contributed by atoms with Gasteiger partial charge >= 0.3 is 0 Å². The van der Waals surface area contributed by atoms with Crippen LogP contribution >= 0.6 is 0 Å². The smallest absolute Gasteiger partial charge is 0.270 e. The summed E-state index contributed by atoms with van der Waals surface area (Å²) >= 11 is 0. The summed E-state index contributed by atoms with van der Waals surface area (Å²) in [7, 11) is 1.88. The molecule has 5 nitrogen and oxygen atoms in total. The number of aryl methyl sites for hydroxylation is 2. The van der Waals surface area contributed by atoms with E-state index in [1.54, 1.807) is 4.68 Å². The van der Waals surface area contributed by atoms with Crippen LogP contribution in [0.15, 0.2) is 6.07 Å². The Morgan fingerprint density at radius 2 is 1.92 bits per heavy atom. The molecule has 0 atom stereocenters. The predicted octanol–water partition coefficient (Wildman–Crippen LogP) is 2.90. The van der Waals surface area contributed by atoms with Gasteiger partial charge in [-0.05, 0) is 51.3 Å². The van der Waals surface area contributed by atoms with Gasteiger partial charge in [-0.3, -0.25) is 9.48 Å². The third-order valence-corrected chi connectivity index (χ3v) is 5.58. The van der Waals surface area contributed by atoms with Gasteiger partial charge in [-0.15, -0.1) is 0 Å². The van der Waals surface area contributed by atoms with E-state index in [-0.39, 0.29) is 11.4 Å². The normalized spacial score (nSPS) is 21.1. The summed E-state index contributed by atoms with van der Waals surface area (Å²) in [6, 6.07) is 1.96. The maximum atomic E-state index is 12.9. The quantitative estimate of drug-likeness (QED) is 0.871. The lowest BCUT2D eigenvalue weighted by molar-refractivity contribution is 0.0813. The summed E-state index contributed by atoms with van der Waals surface area (Å²) < 4.78 is 1.74. The lowest BCUT2D eigenvalue weighted by atomic mass is 9.81. The molecule has 1 aromatic rings. The van der Waals surface area contributed by atoms with Gasteiger partial charge in [-0.2, -0.15) is 5.10 Å². The molecule has 1 saturated heterocycles. The molecule has 1 aliphatic heterocycles. The Balaban J connectivity index is 1.72. The molecule has 5 heteroatoms. The summed E-state index contributed by atoms with van der Waals surface area (Å²) in [5.74, 6) is 0.0495. The zero-order valence-corrected chi connectivity index (χ0v) is 15.3. The van der Waals surface area contributed by atoms with Gasteiger partial charge in [0.25, 0.3) is 5.91 Å². The van der Waals surface area contributed by atoms with E-state index >= 15 is 0 Å². The zero-order valence-electron chi connectivity index (χ0n) is 15.3. The highest BCUT2D eigenvalue weighted by molar-refractivity contribution is 5.93. The van der Waals surface area contributed by atoms with E-state index in [1.165, 1.54) is 45.2 Å². The first-order chi connectivity index (χ1) is 11.6. The van der Waals surface area contributed by atoms with Crippen molar-refractivity contribution in [3.05, 3.63) is 17.5 Å². The van der Waals surface area contributed by atoms with Crippen molar-refractivity contribution in [3.8, 4) is 0 Å². The number of hydrogen-bond acceptors (Lipinski definition) is 3. The Morgan fingerprint density at radius 3 is 2.58 bits per heavy atom. The van der Waals surface area contributed by atoms with Crippen LogP contribution < -0.4 is 5.32 Å². The van der Waals surface area contributed by atoms with Crippen molar-refractivity contribution in [2.24, 2.45) is 7.05 Å². The Kier molecular flexibility index (Phi) is 5.59. The van der Waals surface area contributed by atoms with Crippen molar-refractivity contribution in [1.29, 1.82) is 0 Å². The molecule has 1 saturated carbocycles. The van der Waals surface area contributed by atoms with Crippen LogP contribution in [0.1, 0.15) is 74.5 Å². The summed E-state index contributed by atoms with van der Waals surface area (Å²) in [6.07, 6.45) is 10.5. The Bertz CT molecular complexity index is 554. The van der Waals surface area contributed by atoms with E-state index in [2.05, 4.69) is 22.2 Å². The fourth-order valence-corrected chi connectivity index (χ4v) is 4.34. The highest BCUT2D eigenvalue weighted by Crippen LogP contribution is 2.30. The number of likely N-dealkylation sites (tertiary alicyclic amines) is 1. The second-order valence-corrected chi connectivity index (χ2v) is 7.67. The van der Waals surface area contributed by atoms with Crippen LogP contribution in [-0.2, 0) is 13.5 Å². The second-order valence-electron chi connectivity index (χ2n) is 7.67. The molecule has 1 aromatic heterocycles. The number of aromatic nitrogens is 2. The summed E-state index contributed by atoms with van der Waals surface area (Å²) in [5, 5.41) is 7.92. The van der Waals surface area contributed by atoms with E-state index in [0.29, 0.717) is 5.69 Å². The SMILES string of the molecule is CCCc1cc(C(=O)NC2(CN3CCCC3)CCCCC2)n(C)n1. The first kappa shape index (κ1) is 17.5. The van der Waals surface area contributed by atoms with E-state index in [9.17, 15) is 4.79 Å². The molecule has 1 amide bonds. The van der Waals surface area contributed by atoms with Crippen LogP contribution in [0.5, 0.6) is 0 Å². The predicted molar refractivity (Wildman–Crippen MR) is 96.2 cm³/mol. The summed E-state index contributed by atoms with van der Waals surface area (Å²) in [5.41, 5.74) is 1.67. The standard InChI is InChI=1S/C19H32N4O/c1-3-9-16-14-17(22(2)21-16)18(24)20-19(10-5-4-6-11-19)15-23-12-7-8-13-23/h14H,3-13,15H2,1-2H3,(H,20,24). The van der Waals surface area contributed by atoms with Crippen molar-refractivity contribution < 1.29 is 4.79 Å². The molecule has 0 aromatic carbocycles. The number of nitrogens with one attached hydrogen (secondary N) is 1. The van der Waals surface area contributed by atoms with Gasteiger partial charge in [-0.1, -0.05) is 32.6 Å². The highest BCUT2D eigenvalue weighted by Gasteiger charge is 2.36. The Morgan fingerprint density at radius 1 is 1.21 bits per heavy atom. The average molecular weight is 332 g/mol. The van der Waals surface area contributed by atoms with Crippen LogP contribution in [0.3, 0.4) is 0 Å². The van der Waals surface area contributed by atoms with E-state index in [0.717, 1.165) is 37.9 Å². The molecule has 0 spiro atoms. The maximum Gasteiger partial charge on any atom is 0.270 e. The maximum absolute atomic E-state index is 12.9. The summed E-state index contributed by atoms with van der Waals surface area (Å²) in [4.78, 5) is 15.5. The first-order valence-electron chi connectivity index (χ1n) is 9.70. The van der Waals surface area contributed by atoms with Crippen LogP contribution in [0.2, 0.25) is 0 Å². The molecule has 0 radical (unpaired) electrons. The molecule has 1 aliphatic carbocycles. The van der Waals surface area contributed by atoms with Crippen LogP contribution in [-0.4, -0.2) is 45.8 Å². The van der Waals surface area contributed by atoms with Crippen molar-refractivity contribution in [3.63, 3.8) is 0 Å². The molecule has 3 rings (SSSR count). The van der Waals surface area contributed by atoms with E-state index < -0.39 is 0 Å². The van der Waals surface area contributed by atoms with E-state index in [4.69, 9.17) is 0 Å². The highest BCUT2D eigenvalue weighted by atomic mass is 16.2.